The molecule has 0 bridgehead atoms. The van der Waals surface area contributed by atoms with Gasteiger partial charge in [0.2, 0.25) is 0 Å². The zero-order valence-electron chi connectivity index (χ0n) is 14.3. The maximum Gasteiger partial charge on any atom is 0.325 e. The molecule has 0 radical (unpaired) electrons. The molecule has 2 saturated heterocycles. The van der Waals surface area contributed by atoms with E-state index in [1.165, 1.54) is 0 Å². The molecule has 5 heteroatoms. The standard InChI is InChI=1S/C17H30N2O3/c1-5-12-8-9-18-14(12)15(16(21)22-17(2,3)4)19-10-6-7-13(19)11-20/h11-15,18H,5-10H2,1-4H3/t12-,13-,14-,15?/m0/s1. The number of nitrogens with one attached hydrogen (secondary N) is 1. The van der Waals surface area contributed by atoms with E-state index in [9.17, 15) is 9.59 Å². The molecular weight excluding hydrogens is 280 g/mol. The average molecular weight is 310 g/mol. The molecule has 0 aromatic rings. The molecule has 0 aliphatic carbocycles. The highest BCUT2D eigenvalue weighted by atomic mass is 16.6. The van der Waals surface area contributed by atoms with E-state index in [1.807, 2.05) is 20.8 Å². The third kappa shape index (κ3) is 3.87. The Bertz CT molecular complexity index is 405. The van der Waals surface area contributed by atoms with Gasteiger partial charge in [-0.25, -0.2) is 0 Å². The summed E-state index contributed by atoms with van der Waals surface area (Å²) in [6.07, 6.45) is 4.91. The van der Waals surface area contributed by atoms with E-state index in [0.717, 1.165) is 45.1 Å². The summed E-state index contributed by atoms with van der Waals surface area (Å²) in [4.78, 5) is 26.3. The Morgan fingerprint density at radius 2 is 2.14 bits per heavy atom. The normalized spacial score (nSPS) is 31.2. The lowest BCUT2D eigenvalue weighted by molar-refractivity contribution is -0.163. The monoisotopic (exact) mass is 310 g/mol. The summed E-state index contributed by atoms with van der Waals surface area (Å²) in [7, 11) is 0. The maximum atomic E-state index is 12.8. The van der Waals surface area contributed by atoms with Gasteiger partial charge in [0.15, 0.2) is 0 Å². The Morgan fingerprint density at radius 1 is 1.41 bits per heavy atom. The Balaban J connectivity index is 2.23. The molecule has 0 saturated carbocycles. The predicted octanol–water partition coefficient (Wildman–Crippen LogP) is 1.75. The number of carbonyl (C=O) groups is 2. The van der Waals surface area contributed by atoms with Crippen molar-refractivity contribution in [2.45, 2.75) is 77.1 Å². The lowest BCUT2D eigenvalue weighted by Gasteiger charge is -2.37. The van der Waals surface area contributed by atoms with Gasteiger partial charge in [-0.15, -0.1) is 0 Å². The van der Waals surface area contributed by atoms with Gasteiger partial charge in [-0.1, -0.05) is 13.3 Å². The van der Waals surface area contributed by atoms with Gasteiger partial charge in [-0.05, 0) is 59.0 Å². The number of likely N-dealkylation sites (tertiary alicyclic amines) is 1. The van der Waals surface area contributed by atoms with E-state index in [0.29, 0.717) is 5.92 Å². The molecular formula is C17H30N2O3. The van der Waals surface area contributed by atoms with Gasteiger partial charge in [0.05, 0.1) is 6.04 Å². The van der Waals surface area contributed by atoms with Crippen LogP contribution in [-0.4, -0.2) is 54.0 Å². The zero-order chi connectivity index (χ0) is 16.3. The first-order valence-electron chi connectivity index (χ1n) is 8.54. The van der Waals surface area contributed by atoms with Gasteiger partial charge in [0, 0.05) is 6.04 Å². The van der Waals surface area contributed by atoms with Crippen molar-refractivity contribution < 1.29 is 14.3 Å². The van der Waals surface area contributed by atoms with E-state index in [1.54, 1.807) is 0 Å². The molecule has 1 N–H and O–H groups in total. The van der Waals surface area contributed by atoms with Crippen LogP contribution in [0.15, 0.2) is 0 Å². The fraction of sp³-hybridized carbons (Fsp3) is 0.882. The van der Waals surface area contributed by atoms with Crippen molar-refractivity contribution in [1.29, 1.82) is 0 Å². The molecule has 0 amide bonds. The highest BCUT2D eigenvalue weighted by molar-refractivity contribution is 5.78. The lowest BCUT2D eigenvalue weighted by Crippen LogP contribution is -2.57. The van der Waals surface area contributed by atoms with E-state index in [-0.39, 0.29) is 24.1 Å². The predicted molar refractivity (Wildman–Crippen MR) is 85.6 cm³/mol. The molecule has 0 aromatic heterocycles. The molecule has 1 unspecified atom stereocenters. The minimum Gasteiger partial charge on any atom is -0.459 e. The van der Waals surface area contributed by atoms with Crippen molar-refractivity contribution >= 4 is 12.3 Å². The van der Waals surface area contributed by atoms with Crippen LogP contribution in [0.4, 0.5) is 0 Å². The topological polar surface area (TPSA) is 58.6 Å². The van der Waals surface area contributed by atoms with Crippen LogP contribution in [0.2, 0.25) is 0 Å². The molecule has 0 aromatic carbocycles. The number of hydrogen-bond donors (Lipinski definition) is 1. The highest BCUT2D eigenvalue weighted by Gasteiger charge is 2.45. The number of hydrogen-bond acceptors (Lipinski definition) is 5. The molecule has 2 fully saturated rings. The van der Waals surface area contributed by atoms with Crippen LogP contribution in [0.1, 0.15) is 53.4 Å². The molecule has 5 nitrogen and oxygen atoms in total. The van der Waals surface area contributed by atoms with E-state index in [4.69, 9.17) is 4.74 Å². The van der Waals surface area contributed by atoms with Crippen LogP contribution >= 0.6 is 0 Å². The third-order valence-corrected chi connectivity index (χ3v) is 4.77. The van der Waals surface area contributed by atoms with Crippen LogP contribution in [0, 0.1) is 5.92 Å². The summed E-state index contributed by atoms with van der Waals surface area (Å²) in [6.45, 7) is 9.57. The second-order valence-electron chi connectivity index (χ2n) is 7.50. The fourth-order valence-corrected chi connectivity index (χ4v) is 3.77. The van der Waals surface area contributed by atoms with Crippen molar-refractivity contribution in [3.8, 4) is 0 Å². The molecule has 126 valence electrons. The maximum absolute atomic E-state index is 12.8. The van der Waals surface area contributed by atoms with E-state index < -0.39 is 5.60 Å². The van der Waals surface area contributed by atoms with E-state index >= 15 is 0 Å². The summed E-state index contributed by atoms with van der Waals surface area (Å²) in [5.41, 5.74) is -0.508. The number of nitrogens with zero attached hydrogens (tertiary/aromatic N) is 1. The summed E-state index contributed by atoms with van der Waals surface area (Å²) < 4.78 is 5.67. The second-order valence-corrected chi connectivity index (χ2v) is 7.50. The summed E-state index contributed by atoms with van der Waals surface area (Å²) in [5, 5.41) is 3.49. The largest absolute Gasteiger partial charge is 0.459 e. The van der Waals surface area contributed by atoms with Gasteiger partial charge < -0.3 is 14.8 Å². The minimum atomic E-state index is -0.508. The number of aldehydes is 1. The quantitative estimate of drug-likeness (QED) is 0.619. The van der Waals surface area contributed by atoms with Gasteiger partial charge in [-0.2, -0.15) is 0 Å². The Labute approximate surface area is 133 Å². The average Bonchev–Trinajstić information content (AvgIpc) is 3.06. The van der Waals surface area contributed by atoms with Gasteiger partial charge >= 0.3 is 5.97 Å². The Kier molecular flexibility index (Phi) is 5.61. The summed E-state index contributed by atoms with van der Waals surface area (Å²) >= 11 is 0. The minimum absolute atomic E-state index is 0.0837. The summed E-state index contributed by atoms with van der Waals surface area (Å²) in [5.74, 6) is 0.268. The first kappa shape index (κ1) is 17.4. The molecule has 2 aliphatic heterocycles. The van der Waals surface area contributed by atoms with E-state index in [2.05, 4.69) is 17.1 Å². The van der Waals surface area contributed by atoms with Gasteiger partial charge in [-0.3, -0.25) is 9.69 Å². The SMILES string of the molecule is CC[C@H]1CCN[C@@H]1C(C(=O)OC(C)(C)C)N1CCC[C@H]1C=O. The first-order chi connectivity index (χ1) is 10.4. The van der Waals surface area contributed by atoms with Crippen LogP contribution in [0.3, 0.4) is 0 Å². The van der Waals surface area contributed by atoms with Crippen LogP contribution in [0.25, 0.3) is 0 Å². The Morgan fingerprint density at radius 3 is 2.73 bits per heavy atom. The molecule has 0 spiro atoms. The molecule has 2 rings (SSSR count). The smallest absolute Gasteiger partial charge is 0.325 e. The van der Waals surface area contributed by atoms with Crippen molar-refractivity contribution in [3.05, 3.63) is 0 Å². The van der Waals surface area contributed by atoms with Gasteiger partial charge in [0.1, 0.15) is 17.9 Å². The molecule has 2 aliphatic rings. The third-order valence-electron chi connectivity index (χ3n) is 4.77. The summed E-state index contributed by atoms with van der Waals surface area (Å²) in [6, 6.07) is -0.429. The number of rotatable bonds is 5. The fourth-order valence-electron chi connectivity index (χ4n) is 3.77. The van der Waals surface area contributed by atoms with Crippen molar-refractivity contribution in [1.82, 2.24) is 10.2 Å². The van der Waals surface area contributed by atoms with Crippen LogP contribution in [-0.2, 0) is 14.3 Å². The van der Waals surface area contributed by atoms with Gasteiger partial charge in [0.25, 0.3) is 0 Å². The van der Waals surface area contributed by atoms with Crippen molar-refractivity contribution in [3.63, 3.8) is 0 Å². The first-order valence-corrected chi connectivity index (χ1v) is 8.54. The molecule has 22 heavy (non-hydrogen) atoms. The van der Waals surface area contributed by atoms with Crippen LogP contribution < -0.4 is 5.32 Å². The Hall–Kier alpha value is -0.940. The zero-order valence-corrected chi connectivity index (χ0v) is 14.3. The van der Waals surface area contributed by atoms with Crippen molar-refractivity contribution in [2.24, 2.45) is 5.92 Å². The van der Waals surface area contributed by atoms with Crippen molar-refractivity contribution in [2.75, 3.05) is 13.1 Å². The lowest BCUT2D eigenvalue weighted by atomic mass is 9.91. The number of ether oxygens (including phenoxy) is 1. The van der Waals surface area contributed by atoms with Crippen LogP contribution in [0.5, 0.6) is 0 Å². The number of esters is 1. The molecule has 2 heterocycles. The second kappa shape index (κ2) is 7.09. The number of carbonyl (C=O) groups excluding carboxylic acids is 2. The molecule has 4 atom stereocenters. The highest BCUT2D eigenvalue weighted by Crippen LogP contribution is 2.30.